The molecule has 17 heavy (non-hydrogen) atoms. The molecule has 5 heteroatoms. The van der Waals surface area contributed by atoms with Crippen LogP contribution in [-0.4, -0.2) is 4.98 Å². The molecule has 0 spiro atoms. The average molecular weight is 254 g/mol. The van der Waals surface area contributed by atoms with Crippen LogP contribution in [0.4, 0.5) is 8.78 Å². The highest BCUT2D eigenvalue weighted by Crippen LogP contribution is 2.23. The number of hydrogen-bond acceptors (Lipinski definition) is 3. The molecule has 0 bridgehead atoms. The van der Waals surface area contributed by atoms with Crippen molar-refractivity contribution in [2.45, 2.75) is 19.4 Å². The quantitative estimate of drug-likeness (QED) is 0.914. The van der Waals surface area contributed by atoms with Crippen LogP contribution in [0.1, 0.15) is 22.0 Å². The summed E-state index contributed by atoms with van der Waals surface area (Å²) in [5, 5.41) is 0. The third-order valence-electron chi connectivity index (χ3n) is 2.58. The van der Waals surface area contributed by atoms with Crippen molar-refractivity contribution in [1.82, 2.24) is 4.98 Å². The maximum absolute atomic E-state index is 13.6. The van der Waals surface area contributed by atoms with Crippen LogP contribution >= 0.6 is 11.3 Å². The molecule has 0 aliphatic heterocycles. The second-order valence-electron chi connectivity index (χ2n) is 3.90. The van der Waals surface area contributed by atoms with Crippen molar-refractivity contribution in [2.24, 2.45) is 5.73 Å². The van der Waals surface area contributed by atoms with Crippen molar-refractivity contribution in [3.05, 3.63) is 51.5 Å². The second kappa shape index (κ2) is 4.89. The van der Waals surface area contributed by atoms with Gasteiger partial charge in [-0.2, -0.15) is 0 Å². The molecule has 0 aliphatic carbocycles. The molecule has 2 N–H and O–H groups in total. The minimum absolute atomic E-state index is 0.345. The first-order chi connectivity index (χ1) is 8.08. The molecule has 0 aliphatic rings. The van der Waals surface area contributed by atoms with Gasteiger partial charge in [0.25, 0.3) is 0 Å². The zero-order chi connectivity index (χ0) is 12.4. The molecule has 90 valence electrons. The van der Waals surface area contributed by atoms with Crippen LogP contribution in [0.15, 0.2) is 23.8 Å². The van der Waals surface area contributed by atoms with E-state index >= 15 is 0 Å². The van der Waals surface area contributed by atoms with E-state index in [1.54, 1.807) is 18.6 Å². The summed E-state index contributed by atoms with van der Waals surface area (Å²) in [5.74, 6) is -1.14. The van der Waals surface area contributed by atoms with Crippen molar-refractivity contribution in [2.75, 3.05) is 0 Å². The number of aromatic nitrogens is 1. The fourth-order valence-electron chi connectivity index (χ4n) is 1.63. The predicted molar refractivity (Wildman–Crippen MR) is 63.8 cm³/mol. The topological polar surface area (TPSA) is 38.9 Å². The number of hydrogen-bond donors (Lipinski definition) is 1. The van der Waals surface area contributed by atoms with E-state index in [1.807, 2.05) is 0 Å². The van der Waals surface area contributed by atoms with Crippen molar-refractivity contribution in [3.63, 3.8) is 0 Å². The Morgan fingerprint density at radius 1 is 1.35 bits per heavy atom. The van der Waals surface area contributed by atoms with Gasteiger partial charge in [-0.3, -0.25) is 4.98 Å². The molecular weight excluding hydrogens is 242 g/mol. The molecule has 0 amide bonds. The first-order valence-corrected chi connectivity index (χ1v) is 6.04. The summed E-state index contributed by atoms with van der Waals surface area (Å²) in [6.07, 6.45) is 2.21. The van der Waals surface area contributed by atoms with Crippen LogP contribution in [-0.2, 0) is 6.42 Å². The SMILES string of the molecule is Cc1cc(C(N)Cc2cncs2)c(F)cc1F. The summed E-state index contributed by atoms with van der Waals surface area (Å²) in [6, 6.07) is 1.88. The number of halogens is 2. The number of benzene rings is 1. The molecule has 0 fully saturated rings. The van der Waals surface area contributed by atoms with Gasteiger partial charge < -0.3 is 5.73 Å². The smallest absolute Gasteiger partial charge is 0.130 e. The van der Waals surface area contributed by atoms with Gasteiger partial charge in [-0.1, -0.05) is 0 Å². The third kappa shape index (κ3) is 2.68. The van der Waals surface area contributed by atoms with Crippen LogP contribution in [0, 0.1) is 18.6 Å². The number of rotatable bonds is 3. The van der Waals surface area contributed by atoms with Gasteiger partial charge >= 0.3 is 0 Å². The minimum atomic E-state index is -0.592. The molecule has 2 nitrogen and oxygen atoms in total. The van der Waals surface area contributed by atoms with E-state index in [0.717, 1.165) is 10.9 Å². The molecule has 0 radical (unpaired) electrons. The van der Waals surface area contributed by atoms with Gasteiger partial charge in [0.05, 0.1) is 5.51 Å². The lowest BCUT2D eigenvalue weighted by Crippen LogP contribution is -2.15. The van der Waals surface area contributed by atoms with Crippen LogP contribution in [0.5, 0.6) is 0 Å². The molecule has 1 unspecified atom stereocenters. The summed E-state index contributed by atoms with van der Waals surface area (Å²) >= 11 is 1.47. The Labute approximate surface area is 102 Å². The van der Waals surface area contributed by atoms with Crippen molar-refractivity contribution in [1.29, 1.82) is 0 Å². The van der Waals surface area contributed by atoms with E-state index in [2.05, 4.69) is 4.98 Å². The van der Waals surface area contributed by atoms with E-state index in [9.17, 15) is 8.78 Å². The standard InChI is InChI=1S/C12H12F2N2S/c1-7-2-9(11(14)4-10(7)13)12(15)3-8-5-16-6-17-8/h2,4-6,12H,3,15H2,1H3. The van der Waals surface area contributed by atoms with E-state index in [4.69, 9.17) is 5.73 Å². The van der Waals surface area contributed by atoms with Crippen molar-refractivity contribution < 1.29 is 8.78 Å². The maximum Gasteiger partial charge on any atom is 0.130 e. The summed E-state index contributed by atoms with van der Waals surface area (Å²) < 4.78 is 26.7. The van der Waals surface area contributed by atoms with E-state index in [-0.39, 0.29) is 0 Å². The Bertz CT molecular complexity index is 511. The Hall–Kier alpha value is -1.33. The average Bonchev–Trinajstić information content (AvgIpc) is 2.76. The molecule has 1 heterocycles. The number of nitrogens with zero attached hydrogens (tertiary/aromatic N) is 1. The van der Waals surface area contributed by atoms with Gasteiger partial charge in [-0.15, -0.1) is 11.3 Å². The van der Waals surface area contributed by atoms with Gasteiger partial charge in [-0.25, -0.2) is 8.78 Å². The Morgan fingerprint density at radius 2 is 2.12 bits per heavy atom. The van der Waals surface area contributed by atoms with Gasteiger partial charge in [0.1, 0.15) is 11.6 Å². The third-order valence-corrected chi connectivity index (χ3v) is 3.38. The fraction of sp³-hybridized carbons (Fsp3) is 0.250. The van der Waals surface area contributed by atoms with Crippen molar-refractivity contribution >= 4 is 11.3 Å². The van der Waals surface area contributed by atoms with Crippen LogP contribution in [0.25, 0.3) is 0 Å². The molecule has 2 aromatic rings. The number of aryl methyl sites for hydroxylation is 1. The van der Waals surface area contributed by atoms with Crippen LogP contribution in [0.3, 0.4) is 0 Å². The zero-order valence-corrected chi connectivity index (χ0v) is 10.1. The van der Waals surface area contributed by atoms with E-state index in [1.165, 1.54) is 17.4 Å². The predicted octanol–water partition coefficient (Wildman–Crippen LogP) is 2.97. The van der Waals surface area contributed by atoms with Gasteiger partial charge in [-0.05, 0) is 18.6 Å². The number of thiazole rings is 1. The lowest BCUT2D eigenvalue weighted by atomic mass is 10.0. The highest BCUT2D eigenvalue weighted by Gasteiger charge is 2.15. The van der Waals surface area contributed by atoms with Crippen LogP contribution < -0.4 is 5.73 Å². The lowest BCUT2D eigenvalue weighted by Gasteiger charge is -2.13. The largest absolute Gasteiger partial charge is 0.324 e. The molecule has 1 atom stereocenters. The van der Waals surface area contributed by atoms with Gasteiger partial charge in [0, 0.05) is 35.2 Å². The normalized spacial score (nSPS) is 12.7. The molecule has 0 saturated heterocycles. The molecule has 2 rings (SSSR count). The Morgan fingerprint density at radius 3 is 2.76 bits per heavy atom. The first-order valence-electron chi connectivity index (χ1n) is 5.16. The maximum atomic E-state index is 13.6. The first kappa shape index (κ1) is 12.1. The zero-order valence-electron chi connectivity index (χ0n) is 9.28. The molecule has 1 aromatic heterocycles. The van der Waals surface area contributed by atoms with Crippen LogP contribution in [0.2, 0.25) is 0 Å². The monoisotopic (exact) mass is 254 g/mol. The summed E-state index contributed by atoms with van der Waals surface area (Å²) in [4.78, 5) is 4.92. The van der Waals surface area contributed by atoms with E-state index < -0.39 is 17.7 Å². The molecular formula is C12H12F2N2S. The summed E-state index contributed by atoms with van der Waals surface area (Å²) in [6.45, 7) is 1.59. The van der Waals surface area contributed by atoms with Gasteiger partial charge in [0.2, 0.25) is 0 Å². The molecule has 0 saturated carbocycles. The second-order valence-corrected chi connectivity index (χ2v) is 4.87. The van der Waals surface area contributed by atoms with E-state index in [0.29, 0.717) is 17.5 Å². The molecule has 1 aromatic carbocycles. The van der Waals surface area contributed by atoms with Gasteiger partial charge in [0.15, 0.2) is 0 Å². The van der Waals surface area contributed by atoms with Crippen molar-refractivity contribution in [3.8, 4) is 0 Å². The Kier molecular flexibility index (Phi) is 3.49. The Balaban J connectivity index is 2.24. The fourth-order valence-corrected chi connectivity index (χ4v) is 2.29. The minimum Gasteiger partial charge on any atom is -0.324 e. The highest BCUT2D eigenvalue weighted by atomic mass is 32.1. The lowest BCUT2D eigenvalue weighted by molar-refractivity contribution is 0.550. The highest BCUT2D eigenvalue weighted by molar-refractivity contribution is 7.09. The number of nitrogens with two attached hydrogens (primary N) is 1. The summed E-state index contributed by atoms with van der Waals surface area (Å²) in [7, 11) is 0. The summed E-state index contributed by atoms with van der Waals surface area (Å²) in [5.41, 5.74) is 8.37.